The lowest BCUT2D eigenvalue weighted by atomic mass is 10.0. The third-order valence-corrected chi connectivity index (χ3v) is 2.40. The third-order valence-electron chi connectivity index (χ3n) is 2.40. The van der Waals surface area contributed by atoms with E-state index < -0.39 is 18.1 Å². The number of hydrogen-bond donors (Lipinski definition) is 2. The first-order valence-corrected chi connectivity index (χ1v) is 5.84. The lowest BCUT2D eigenvalue weighted by Gasteiger charge is -2.14. The first kappa shape index (κ1) is 15.8. The summed E-state index contributed by atoms with van der Waals surface area (Å²) in [5.74, 6) is -0.320. The minimum absolute atomic E-state index is 0.0154. The molecular formula is C12H22N2O3. The van der Waals surface area contributed by atoms with Crippen LogP contribution >= 0.6 is 0 Å². The van der Waals surface area contributed by atoms with Gasteiger partial charge in [-0.15, -0.1) is 0 Å². The number of aliphatic hydroxyl groups is 1. The molecule has 0 saturated carbocycles. The molecule has 0 bridgehead atoms. The van der Waals surface area contributed by atoms with E-state index in [1.54, 1.807) is 0 Å². The van der Waals surface area contributed by atoms with Gasteiger partial charge in [0, 0.05) is 0 Å². The Kier molecular flexibility index (Phi) is 7.37. The molecule has 98 valence electrons. The predicted molar refractivity (Wildman–Crippen MR) is 66.9 cm³/mol. The summed E-state index contributed by atoms with van der Waals surface area (Å²) in [5.41, 5.74) is 0. The monoisotopic (exact) mass is 242 g/mol. The van der Waals surface area contributed by atoms with E-state index >= 15 is 0 Å². The molecule has 0 fully saturated rings. The molecule has 0 aromatic heterocycles. The summed E-state index contributed by atoms with van der Waals surface area (Å²) < 4.78 is 0. The average molecular weight is 242 g/mol. The zero-order chi connectivity index (χ0) is 13.4. The SMILES string of the molecule is C=NC(=O)C(C)NC(=O)CC(O)CCC(C)C. The molecule has 2 amide bonds. The Morgan fingerprint density at radius 3 is 2.35 bits per heavy atom. The molecule has 0 saturated heterocycles. The lowest BCUT2D eigenvalue weighted by molar-refractivity contribution is -0.128. The number of amides is 2. The van der Waals surface area contributed by atoms with E-state index in [4.69, 9.17) is 0 Å². The van der Waals surface area contributed by atoms with Gasteiger partial charge in [-0.3, -0.25) is 9.59 Å². The van der Waals surface area contributed by atoms with Crippen molar-refractivity contribution in [3.63, 3.8) is 0 Å². The Morgan fingerprint density at radius 2 is 1.88 bits per heavy atom. The van der Waals surface area contributed by atoms with Gasteiger partial charge in [0.25, 0.3) is 5.91 Å². The summed E-state index contributed by atoms with van der Waals surface area (Å²) in [6.45, 7) is 8.75. The van der Waals surface area contributed by atoms with Crippen LogP contribution in [0.1, 0.15) is 40.0 Å². The van der Waals surface area contributed by atoms with Crippen molar-refractivity contribution in [2.45, 2.75) is 52.2 Å². The maximum Gasteiger partial charge on any atom is 0.267 e. The molecule has 0 aliphatic rings. The molecule has 0 radical (unpaired) electrons. The van der Waals surface area contributed by atoms with Crippen LogP contribution in [0.4, 0.5) is 0 Å². The van der Waals surface area contributed by atoms with Crippen molar-refractivity contribution in [3.8, 4) is 0 Å². The molecule has 5 nitrogen and oxygen atoms in total. The molecule has 0 aromatic carbocycles. The highest BCUT2D eigenvalue weighted by atomic mass is 16.3. The topological polar surface area (TPSA) is 78.8 Å². The van der Waals surface area contributed by atoms with Gasteiger partial charge in [0.2, 0.25) is 5.91 Å². The highest BCUT2D eigenvalue weighted by Gasteiger charge is 2.16. The van der Waals surface area contributed by atoms with Crippen LogP contribution in [0.2, 0.25) is 0 Å². The van der Waals surface area contributed by atoms with E-state index in [2.05, 4.69) is 30.9 Å². The molecule has 0 aliphatic carbocycles. The third kappa shape index (κ3) is 7.63. The van der Waals surface area contributed by atoms with Crippen molar-refractivity contribution in [1.29, 1.82) is 0 Å². The predicted octanol–water partition coefficient (Wildman–Crippen LogP) is 0.905. The average Bonchev–Trinajstić information content (AvgIpc) is 2.24. The normalized spacial score (nSPS) is 14.2. The van der Waals surface area contributed by atoms with Crippen molar-refractivity contribution < 1.29 is 14.7 Å². The summed E-state index contributed by atoms with van der Waals surface area (Å²) in [4.78, 5) is 25.7. The maximum atomic E-state index is 11.4. The van der Waals surface area contributed by atoms with Gasteiger partial charge in [-0.2, -0.15) is 0 Å². The van der Waals surface area contributed by atoms with E-state index in [1.807, 2.05) is 0 Å². The molecule has 2 N–H and O–H groups in total. The molecule has 2 atom stereocenters. The van der Waals surface area contributed by atoms with Gasteiger partial charge in [-0.05, 0) is 32.4 Å². The van der Waals surface area contributed by atoms with Crippen molar-refractivity contribution in [2.75, 3.05) is 0 Å². The van der Waals surface area contributed by atoms with Crippen LogP contribution in [-0.2, 0) is 9.59 Å². The Labute approximate surface area is 102 Å². The molecule has 2 unspecified atom stereocenters. The Hall–Kier alpha value is -1.23. The molecule has 17 heavy (non-hydrogen) atoms. The molecule has 5 heteroatoms. The van der Waals surface area contributed by atoms with Crippen molar-refractivity contribution >= 4 is 18.5 Å². The number of aliphatic hydroxyl groups excluding tert-OH is 1. The van der Waals surface area contributed by atoms with Crippen molar-refractivity contribution in [3.05, 3.63) is 0 Å². The number of nitrogens with one attached hydrogen (secondary N) is 1. The second-order valence-corrected chi connectivity index (χ2v) is 4.61. The van der Waals surface area contributed by atoms with Crippen LogP contribution in [0, 0.1) is 5.92 Å². The zero-order valence-electron chi connectivity index (χ0n) is 10.8. The first-order chi connectivity index (χ1) is 7.86. The van der Waals surface area contributed by atoms with E-state index in [0.29, 0.717) is 12.3 Å². The van der Waals surface area contributed by atoms with E-state index in [9.17, 15) is 14.7 Å². The summed E-state index contributed by atoms with van der Waals surface area (Å²) in [6, 6.07) is -0.683. The summed E-state index contributed by atoms with van der Waals surface area (Å²) in [6.07, 6.45) is 0.822. The van der Waals surface area contributed by atoms with Gasteiger partial charge in [0.1, 0.15) is 6.04 Å². The number of carbonyl (C=O) groups is 2. The summed E-state index contributed by atoms with van der Waals surface area (Å²) in [5, 5.41) is 12.1. The second-order valence-electron chi connectivity index (χ2n) is 4.61. The van der Waals surface area contributed by atoms with Gasteiger partial charge in [-0.1, -0.05) is 13.8 Å². The fourth-order valence-corrected chi connectivity index (χ4v) is 1.34. The van der Waals surface area contributed by atoms with Crippen molar-refractivity contribution in [2.24, 2.45) is 10.9 Å². The molecule has 0 aromatic rings. The number of aliphatic imine (C=N–C) groups is 1. The molecule has 0 heterocycles. The van der Waals surface area contributed by atoms with Gasteiger partial charge in [0.15, 0.2) is 0 Å². The highest BCUT2D eigenvalue weighted by Crippen LogP contribution is 2.09. The second kappa shape index (κ2) is 7.95. The maximum absolute atomic E-state index is 11.4. The van der Waals surface area contributed by atoms with Crippen LogP contribution in [0.3, 0.4) is 0 Å². The highest BCUT2D eigenvalue weighted by molar-refractivity contribution is 5.89. The zero-order valence-corrected chi connectivity index (χ0v) is 10.8. The van der Waals surface area contributed by atoms with Gasteiger partial charge in [-0.25, -0.2) is 4.99 Å². The largest absolute Gasteiger partial charge is 0.393 e. The number of nitrogens with zero attached hydrogens (tertiary/aromatic N) is 1. The molecule has 0 rings (SSSR count). The number of carbonyl (C=O) groups excluding carboxylic acids is 2. The molecular weight excluding hydrogens is 220 g/mol. The number of rotatable bonds is 7. The number of hydrogen-bond acceptors (Lipinski definition) is 3. The van der Waals surface area contributed by atoms with E-state index in [1.165, 1.54) is 6.92 Å². The van der Waals surface area contributed by atoms with Crippen LogP contribution in [-0.4, -0.2) is 35.8 Å². The summed E-state index contributed by atoms with van der Waals surface area (Å²) in [7, 11) is 0. The van der Waals surface area contributed by atoms with E-state index in [0.717, 1.165) is 6.42 Å². The smallest absolute Gasteiger partial charge is 0.267 e. The Bertz CT molecular complexity index is 277. The van der Waals surface area contributed by atoms with Crippen LogP contribution in [0.5, 0.6) is 0 Å². The first-order valence-electron chi connectivity index (χ1n) is 5.84. The van der Waals surface area contributed by atoms with Gasteiger partial charge in [0.05, 0.1) is 12.5 Å². The van der Waals surface area contributed by atoms with Crippen molar-refractivity contribution in [1.82, 2.24) is 5.32 Å². The van der Waals surface area contributed by atoms with Gasteiger partial charge >= 0.3 is 0 Å². The van der Waals surface area contributed by atoms with E-state index in [-0.39, 0.29) is 12.3 Å². The molecule has 0 spiro atoms. The van der Waals surface area contributed by atoms with Crippen LogP contribution in [0.25, 0.3) is 0 Å². The Balaban J connectivity index is 3.92. The fraction of sp³-hybridized carbons (Fsp3) is 0.750. The quantitative estimate of drug-likeness (QED) is 0.651. The molecule has 0 aliphatic heterocycles. The minimum atomic E-state index is -0.683. The summed E-state index contributed by atoms with van der Waals surface area (Å²) >= 11 is 0. The fourth-order valence-electron chi connectivity index (χ4n) is 1.34. The van der Waals surface area contributed by atoms with Crippen LogP contribution in [0.15, 0.2) is 4.99 Å². The Morgan fingerprint density at radius 1 is 1.29 bits per heavy atom. The van der Waals surface area contributed by atoms with Gasteiger partial charge < -0.3 is 10.4 Å². The minimum Gasteiger partial charge on any atom is -0.393 e. The lowest BCUT2D eigenvalue weighted by Crippen LogP contribution is -2.39. The standard InChI is InChI=1S/C12H22N2O3/c1-8(2)5-6-10(15)7-11(16)14-9(3)12(17)13-4/h8-10,15H,4-7H2,1-3H3,(H,14,16). The van der Waals surface area contributed by atoms with Crippen LogP contribution < -0.4 is 5.32 Å².